The van der Waals surface area contributed by atoms with Gasteiger partial charge in [-0.2, -0.15) is 0 Å². The fraction of sp³-hybridized carbons (Fsp3) is 0.846. The molecular weight excluding hydrogens is 170 g/mol. The van der Waals surface area contributed by atoms with Crippen molar-refractivity contribution in [3.05, 3.63) is 11.6 Å². The summed E-state index contributed by atoms with van der Waals surface area (Å²) in [6.45, 7) is 10.8. The van der Waals surface area contributed by atoms with Gasteiger partial charge in [-0.3, -0.25) is 4.90 Å². The fourth-order valence-electron chi connectivity index (χ4n) is 2.22. The van der Waals surface area contributed by atoms with Gasteiger partial charge in [-0.15, -0.1) is 0 Å². The smallest absolute Gasteiger partial charge is 0.0166 e. The Morgan fingerprint density at radius 1 is 1.36 bits per heavy atom. The van der Waals surface area contributed by atoms with E-state index in [0.29, 0.717) is 5.41 Å². The third-order valence-corrected chi connectivity index (χ3v) is 3.47. The van der Waals surface area contributed by atoms with Crippen molar-refractivity contribution >= 4 is 0 Å². The number of hydrogen-bond donors (Lipinski definition) is 0. The number of nitrogens with zero attached hydrogens (tertiary/aromatic N) is 1. The van der Waals surface area contributed by atoms with Gasteiger partial charge in [-0.1, -0.05) is 32.4 Å². The Morgan fingerprint density at radius 3 is 2.50 bits per heavy atom. The van der Waals surface area contributed by atoms with Gasteiger partial charge in [0.2, 0.25) is 0 Å². The van der Waals surface area contributed by atoms with Crippen LogP contribution < -0.4 is 0 Å². The minimum absolute atomic E-state index is 0.395. The Morgan fingerprint density at radius 2 is 2.07 bits per heavy atom. The van der Waals surface area contributed by atoms with E-state index in [4.69, 9.17) is 0 Å². The zero-order chi connectivity index (χ0) is 10.2. The number of hydrogen-bond acceptors (Lipinski definition) is 1. The Balaban J connectivity index is 1.85. The van der Waals surface area contributed by atoms with Gasteiger partial charge in [-0.25, -0.2) is 0 Å². The molecule has 0 aromatic carbocycles. The molecule has 80 valence electrons. The van der Waals surface area contributed by atoms with Gasteiger partial charge in [0.1, 0.15) is 0 Å². The quantitative estimate of drug-likeness (QED) is 0.609. The van der Waals surface area contributed by atoms with Gasteiger partial charge in [0.25, 0.3) is 0 Å². The summed E-state index contributed by atoms with van der Waals surface area (Å²) in [7, 11) is 0. The zero-order valence-electron chi connectivity index (χ0n) is 9.84. The molecule has 1 aliphatic carbocycles. The molecule has 0 radical (unpaired) electrons. The molecule has 14 heavy (non-hydrogen) atoms. The first kappa shape index (κ1) is 10.2. The SMILES string of the molecule is CC(C)(C)C1=CCN(CC2CC2)CC1. The van der Waals surface area contributed by atoms with E-state index in [1.807, 2.05) is 0 Å². The van der Waals surface area contributed by atoms with Crippen LogP contribution >= 0.6 is 0 Å². The molecule has 1 heteroatoms. The molecule has 1 fully saturated rings. The second-order valence-corrected chi connectivity index (χ2v) is 5.93. The largest absolute Gasteiger partial charge is 0.299 e. The first-order valence-electron chi connectivity index (χ1n) is 5.97. The maximum Gasteiger partial charge on any atom is 0.0166 e. The van der Waals surface area contributed by atoms with Gasteiger partial charge < -0.3 is 0 Å². The molecule has 0 aromatic rings. The molecule has 1 nitrogen and oxygen atoms in total. The molecule has 1 saturated carbocycles. The van der Waals surface area contributed by atoms with Crippen LogP contribution in [-0.4, -0.2) is 24.5 Å². The molecule has 0 saturated heterocycles. The van der Waals surface area contributed by atoms with Crippen LogP contribution in [0.1, 0.15) is 40.0 Å². The van der Waals surface area contributed by atoms with E-state index >= 15 is 0 Å². The molecule has 0 unspecified atom stereocenters. The van der Waals surface area contributed by atoms with Gasteiger partial charge in [0, 0.05) is 19.6 Å². The standard InChI is InChI=1S/C13H23N/c1-13(2,3)12-6-8-14(9-7-12)10-11-4-5-11/h6,11H,4-5,7-10H2,1-3H3. The zero-order valence-corrected chi connectivity index (χ0v) is 9.84. The average molecular weight is 193 g/mol. The van der Waals surface area contributed by atoms with Crippen molar-refractivity contribution in [1.82, 2.24) is 4.90 Å². The average Bonchev–Trinajstić information content (AvgIpc) is 2.88. The molecule has 0 atom stereocenters. The minimum Gasteiger partial charge on any atom is -0.299 e. The van der Waals surface area contributed by atoms with Crippen LogP contribution in [0.15, 0.2) is 11.6 Å². The predicted molar refractivity (Wildman–Crippen MR) is 61.3 cm³/mol. The van der Waals surface area contributed by atoms with Crippen molar-refractivity contribution < 1.29 is 0 Å². The fourth-order valence-corrected chi connectivity index (χ4v) is 2.22. The summed E-state index contributed by atoms with van der Waals surface area (Å²) in [4.78, 5) is 2.62. The van der Waals surface area contributed by atoms with E-state index in [9.17, 15) is 0 Å². The summed E-state index contributed by atoms with van der Waals surface area (Å²) in [5, 5.41) is 0. The minimum atomic E-state index is 0.395. The van der Waals surface area contributed by atoms with Crippen LogP contribution in [0.25, 0.3) is 0 Å². The number of rotatable bonds is 2. The maximum atomic E-state index is 2.62. The highest BCUT2D eigenvalue weighted by molar-refractivity contribution is 5.14. The van der Waals surface area contributed by atoms with E-state index in [2.05, 4.69) is 31.7 Å². The first-order chi connectivity index (χ1) is 6.55. The van der Waals surface area contributed by atoms with Crippen molar-refractivity contribution in [2.75, 3.05) is 19.6 Å². The van der Waals surface area contributed by atoms with Crippen molar-refractivity contribution in [2.24, 2.45) is 11.3 Å². The molecule has 0 bridgehead atoms. The van der Waals surface area contributed by atoms with Crippen LogP contribution in [0.2, 0.25) is 0 Å². The maximum absolute atomic E-state index is 2.62. The van der Waals surface area contributed by atoms with Gasteiger partial charge in [0.15, 0.2) is 0 Å². The molecule has 1 aliphatic heterocycles. The highest BCUT2D eigenvalue weighted by Gasteiger charge is 2.26. The molecule has 0 amide bonds. The second kappa shape index (κ2) is 3.69. The van der Waals surface area contributed by atoms with E-state index in [0.717, 1.165) is 5.92 Å². The van der Waals surface area contributed by atoms with Crippen molar-refractivity contribution in [2.45, 2.75) is 40.0 Å². The van der Waals surface area contributed by atoms with E-state index in [1.165, 1.54) is 38.9 Å². The van der Waals surface area contributed by atoms with Crippen LogP contribution in [0.5, 0.6) is 0 Å². The lowest BCUT2D eigenvalue weighted by Crippen LogP contribution is -2.32. The summed E-state index contributed by atoms with van der Waals surface area (Å²) in [5.74, 6) is 1.04. The van der Waals surface area contributed by atoms with E-state index in [-0.39, 0.29) is 0 Å². The monoisotopic (exact) mass is 193 g/mol. The lowest BCUT2D eigenvalue weighted by molar-refractivity contribution is 0.269. The summed E-state index contributed by atoms with van der Waals surface area (Å²) in [5.41, 5.74) is 2.05. The summed E-state index contributed by atoms with van der Waals surface area (Å²) >= 11 is 0. The van der Waals surface area contributed by atoms with Gasteiger partial charge in [0.05, 0.1) is 0 Å². The van der Waals surface area contributed by atoms with Crippen LogP contribution in [0, 0.1) is 11.3 Å². The molecular formula is C13H23N. The summed E-state index contributed by atoms with van der Waals surface area (Å²) in [6, 6.07) is 0. The Bertz CT molecular complexity index is 230. The highest BCUT2D eigenvalue weighted by Crippen LogP contribution is 2.33. The molecule has 0 N–H and O–H groups in total. The highest BCUT2D eigenvalue weighted by atomic mass is 15.1. The normalized spacial score (nSPS) is 24.9. The predicted octanol–water partition coefficient (Wildman–Crippen LogP) is 3.07. The van der Waals surface area contributed by atoms with Crippen LogP contribution in [0.4, 0.5) is 0 Å². The van der Waals surface area contributed by atoms with Gasteiger partial charge >= 0.3 is 0 Å². The Hall–Kier alpha value is -0.300. The van der Waals surface area contributed by atoms with Gasteiger partial charge in [-0.05, 0) is 30.6 Å². The first-order valence-corrected chi connectivity index (χ1v) is 5.97. The van der Waals surface area contributed by atoms with Crippen LogP contribution in [0.3, 0.4) is 0 Å². The van der Waals surface area contributed by atoms with Crippen molar-refractivity contribution in [3.63, 3.8) is 0 Å². The van der Waals surface area contributed by atoms with Crippen molar-refractivity contribution in [3.8, 4) is 0 Å². The molecule has 1 heterocycles. The van der Waals surface area contributed by atoms with Crippen LogP contribution in [-0.2, 0) is 0 Å². The Kier molecular flexibility index (Phi) is 2.70. The summed E-state index contributed by atoms with van der Waals surface area (Å²) < 4.78 is 0. The second-order valence-electron chi connectivity index (χ2n) is 5.93. The van der Waals surface area contributed by atoms with E-state index in [1.54, 1.807) is 5.57 Å². The third-order valence-electron chi connectivity index (χ3n) is 3.47. The van der Waals surface area contributed by atoms with E-state index < -0.39 is 0 Å². The molecule has 2 aliphatic rings. The third kappa shape index (κ3) is 2.60. The van der Waals surface area contributed by atoms with Crippen molar-refractivity contribution in [1.29, 1.82) is 0 Å². The Labute approximate surface area is 88.2 Å². The lowest BCUT2D eigenvalue weighted by Gasteiger charge is -2.32. The molecule has 0 aromatic heterocycles. The summed E-state index contributed by atoms with van der Waals surface area (Å²) in [6.07, 6.45) is 6.71. The topological polar surface area (TPSA) is 3.24 Å². The molecule has 0 spiro atoms. The lowest BCUT2D eigenvalue weighted by atomic mass is 9.83. The molecule has 2 rings (SSSR count).